The summed E-state index contributed by atoms with van der Waals surface area (Å²) in [7, 11) is 1.39. The smallest absolute Gasteiger partial charge is 0.417 e. The van der Waals surface area contributed by atoms with Crippen LogP contribution in [0.5, 0.6) is 0 Å². The number of nitrogens with zero attached hydrogens (tertiary/aromatic N) is 1. The molecule has 0 spiro atoms. The van der Waals surface area contributed by atoms with Crippen LogP contribution in [0.3, 0.4) is 0 Å². The van der Waals surface area contributed by atoms with Crippen molar-refractivity contribution in [3.63, 3.8) is 0 Å². The van der Waals surface area contributed by atoms with Crippen LogP contribution in [0.1, 0.15) is 25.5 Å². The Bertz CT molecular complexity index is 278. The molecule has 0 amide bonds. The Morgan fingerprint density at radius 2 is 2.38 bits per heavy atom. The number of hydrogen-bond acceptors (Lipinski definition) is 2. The zero-order chi connectivity index (χ0) is 9.68. The van der Waals surface area contributed by atoms with Gasteiger partial charge in [-0.3, -0.25) is 4.57 Å². The average Bonchev–Trinajstić information content (AvgIpc) is 2.61. The standard InChI is InChI=1S/C10H15NO2/c1-3-4-6-9-7-5-8-11(9)10(12)13-2/h5,7-8H,3-4,6H2,1-2H3. The first-order valence-corrected chi connectivity index (χ1v) is 4.54. The number of methoxy groups -OCH3 is 1. The number of carbonyl (C=O) groups excluding carboxylic acids is 1. The molecule has 0 fully saturated rings. The zero-order valence-electron chi connectivity index (χ0n) is 8.12. The predicted molar refractivity (Wildman–Crippen MR) is 50.8 cm³/mol. The maximum absolute atomic E-state index is 11.2. The number of aromatic nitrogens is 1. The highest BCUT2D eigenvalue weighted by Gasteiger charge is 2.07. The zero-order valence-corrected chi connectivity index (χ0v) is 8.12. The second-order valence-electron chi connectivity index (χ2n) is 2.94. The lowest BCUT2D eigenvalue weighted by molar-refractivity contribution is 0.172. The molecule has 0 radical (unpaired) electrons. The van der Waals surface area contributed by atoms with Gasteiger partial charge in [-0.05, 0) is 25.0 Å². The summed E-state index contributed by atoms with van der Waals surface area (Å²) in [6.45, 7) is 2.13. The van der Waals surface area contributed by atoms with Gasteiger partial charge in [0.2, 0.25) is 0 Å². The maximum Gasteiger partial charge on any atom is 0.417 e. The molecule has 1 aromatic rings. The lowest BCUT2D eigenvalue weighted by Gasteiger charge is -2.04. The van der Waals surface area contributed by atoms with E-state index in [2.05, 4.69) is 11.7 Å². The average molecular weight is 181 g/mol. The number of rotatable bonds is 3. The summed E-state index contributed by atoms with van der Waals surface area (Å²) < 4.78 is 6.19. The summed E-state index contributed by atoms with van der Waals surface area (Å²) in [5, 5.41) is 0. The van der Waals surface area contributed by atoms with Crippen molar-refractivity contribution in [3.05, 3.63) is 24.0 Å². The van der Waals surface area contributed by atoms with Gasteiger partial charge < -0.3 is 4.74 Å². The van der Waals surface area contributed by atoms with E-state index in [9.17, 15) is 4.79 Å². The topological polar surface area (TPSA) is 31.2 Å². The molecular weight excluding hydrogens is 166 g/mol. The molecule has 0 bridgehead atoms. The molecule has 0 aromatic carbocycles. The van der Waals surface area contributed by atoms with Gasteiger partial charge in [0, 0.05) is 11.9 Å². The van der Waals surface area contributed by atoms with E-state index in [0.29, 0.717) is 0 Å². The first kappa shape index (κ1) is 9.84. The van der Waals surface area contributed by atoms with E-state index < -0.39 is 0 Å². The molecule has 0 saturated carbocycles. The minimum Gasteiger partial charge on any atom is -0.452 e. The highest BCUT2D eigenvalue weighted by Crippen LogP contribution is 2.07. The second kappa shape index (κ2) is 4.70. The molecule has 13 heavy (non-hydrogen) atoms. The summed E-state index contributed by atoms with van der Waals surface area (Å²) in [5.41, 5.74) is 1.02. The molecule has 0 saturated heterocycles. The van der Waals surface area contributed by atoms with Crippen LogP contribution in [0, 0.1) is 0 Å². The van der Waals surface area contributed by atoms with Gasteiger partial charge >= 0.3 is 6.09 Å². The first-order chi connectivity index (χ1) is 6.29. The van der Waals surface area contributed by atoms with E-state index in [1.54, 1.807) is 10.8 Å². The predicted octanol–water partition coefficient (Wildman–Crippen LogP) is 2.45. The largest absolute Gasteiger partial charge is 0.452 e. The molecule has 3 nitrogen and oxygen atoms in total. The molecule has 1 rings (SSSR count). The van der Waals surface area contributed by atoms with Crippen LogP contribution in [-0.4, -0.2) is 17.8 Å². The molecule has 0 aliphatic heterocycles. The van der Waals surface area contributed by atoms with Crippen LogP contribution in [-0.2, 0) is 11.2 Å². The highest BCUT2D eigenvalue weighted by atomic mass is 16.5. The molecule has 3 heteroatoms. The number of hydrogen-bond donors (Lipinski definition) is 0. The first-order valence-electron chi connectivity index (χ1n) is 4.54. The van der Waals surface area contributed by atoms with Crippen molar-refractivity contribution in [2.24, 2.45) is 0 Å². The summed E-state index contributed by atoms with van der Waals surface area (Å²) in [6.07, 6.45) is 4.58. The van der Waals surface area contributed by atoms with Crippen molar-refractivity contribution >= 4 is 6.09 Å². The molecule has 1 heterocycles. The van der Waals surface area contributed by atoms with E-state index >= 15 is 0 Å². The summed E-state index contributed by atoms with van der Waals surface area (Å²) >= 11 is 0. The fourth-order valence-corrected chi connectivity index (χ4v) is 1.25. The third-order valence-electron chi connectivity index (χ3n) is 1.99. The monoisotopic (exact) mass is 181 g/mol. The normalized spacial score (nSPS) is 10.0. The second-order valence-corrected chi connectivity index (χ2v) is 2.94. The van der Waals surface area contributed by atoms with Gasteiger partial charge in [-0.15, -0.1) is 0 Å². The minimum absolute atomic E-state index is 0.309. The Balaban J connectivity index is 2.71. The lowest BCUT2D eigenvalue weighted by Crippen LogP contribution is -2.13. The van der Waals surface area contributed by atoms with Crippen LogP contribution >= 0.6 is 0 Å². The van der Waals surface area contributed by atoms with Crippen molar-refractivity contribution in [1.29, 1.82) is 0 Å². The van der Waals surface area contributed by atoms with Crippen LogP contribution in [0.2, 0.25) is 0 Å². The third-order valence-corrected chi connectivity index (χ3v) is 1.99. The van der Waals surface area contributed by atoms with Crippen molar-refractivity contribution in [2.75, 3.05) is 7.11 Å². The van der Waals surface area contributed by atoms with E-state index in [1.807, 2.05) is 12.1 Å². The molecule has 1 aromatic heterocycles. The van der Waals surface area contributed by atoms with Gasteiger partial charge in [-0.2, -0.15) is 0 Å². The summed E-state index contributed by atoms with van der Waals surface area (Å²) in [4.78, 5) is 11.2. The van der Waals surface area contributed by atoms with E-state index in [1.165, 1.54) is 7.11 Å². The minimum atomic E-state index is -0.309. The molecule has 0 aliphatic rings. The number of carbonyl (C=O) groups is 1. The van der Waals surface area contributed by atoms with Crippen LogP contribution < -0.4 is 0 Å². The van der Waals surface area contributed by atoms with E-state index in [4.69, 9.17) is 0 Å². The Morgan fingerprint density at radius 1 is 1.62 bits per heavy atom. The number of unbranched alkanes of at least 4 members (excludes halogenated alkanes) is 1. The van der Waals surface area contributed by atoms with Crippen molar-refractivity contribution < 1.29 is 9.53 Å². The highest BCUT2D eigenvalue weighted by molar-refractivity contribution is 5.71. The van der Waals surface area contributed by atoms with Crippen LogP contribution in [0.25, 0.3) is 0 Å². The number of ether oxygens (including phenoxy) is 1. The van der Waals surface area contributed by atoms with E-state index in [0.717, 1.165) is 25.0 Å². The van der Waals surface area contributed by atoms with Gasteiger partial charge in [-0.1, -0.05) is 13.3 Å². The number of aryl methyl sites for hydroxylation is 1. The molecule has 0 aliphatic carbocycles. The molecule has 0 unspecified atom stereocenters. The Hall–Kier alpha value is -1.25. The quantitative estimate of drug-likeness (QED) is 0.717. The van der Waals surface area contributed by atoms with Crippen molar-refractivity contribution in [3.8, 4) is 0 Å². The fraction of sp³-hybridized carbons (Fsp3) is 0.500. The Labute approximate surface area is 78.3 Å². The van der Waals surface area contributed by atoms with Gasteiger partial charge in [0.15, 0.2) is 0 Å². The van der Waals surface area contributed by atoms with Gasteiger partial charge in [0.1, 0.15) is 0 Å². The summed E-state index contributed by atoms with van der Waals surface area (Å²) in [5.74, 6) is 0. The van der Waals surface area contributed by atoms with Gasteiger partial charge in [-0.25, -0.2) is 4.79 Å². The fourth-order valence-electron chi connectivity index (χ4n) is 1.25. The van der Waals surface area contributed by atoms with Crippen LogP contribution in [0.4, 0.5) is 4.79 Å². The van der Waals surface area contributed by atoms with Gasteiger partial charge in [0.05, 0.1) is 7.11 Å². The molecule has 0 N–H and O–H groups in total. The maximum atomic E-state index is 11.2. The Kier molecular flexibility index (Phi) is 3.55. The van der Waals surface area contributed by atoms with Crippen molar-refractivity contribution in [2.45, 2.75) is 26.2 Å². The molecular formula is C10H15NO2. The van der Waals surface area contributed by atoms with E-state index in [-0.39, 0.29) is 6.09 Å². The molecule has 72 valence electrons. The Morgan fingerprint density at radius 3 is 3.00 bits per heavy atom. The SMILES string of the molecule is CCCCc1cccn1C(=O)OC. The third kappa shape index (κ3) is 2.34. The lowest BCUT2D eigenvalue weighted by atomic mass is 10.2. The molecule has 0 atom stereocenters. The van der Waals surface area contributed by atoms with Crippen LogP contribution in [0.15, 0.2) is 18.3 Å². The van der Waals surface area contributed by atoms with Crippen molar-refractivity contribution in [1.82, 2.24) is 4.57 Å². The van der Waals surface area contributed by atoms with Gasteiger partial charge in [0.25, 0.3) is 0 Å². The summed E-state index contributed by atoms with van der Waals surface area (Å²) in [6, 6.07) is 3.81.